The Kier molecular flexibility index (Phi) is 4.05. The van der Waals surface area contributed by atoms with E-state index in [1.165, 1.54) is 6.08 Å². The number of hydrogen-bond donors (Lipinski definition) is 1. The highest BCUT2D eigenvalue weighted by Gasteiger charge is 2.26. The van der Waals surface area contributed by atoms with Crippen LogP contribution in [0.25, 0.3) is 0 Å². The van der Waals surface area contributed by atoms with E-state index in [4.69, 9.17) is 10.5 Å². The fraction of sp³-hybridized carbons (Fsp3) is 0.118. The average molecular weight is 309 g/mol. The van der Waals surface area contributed by atoms with Crippen LogP contribution in [-0.2, 0) is 14.3 Å². The smallest absolute Gasteiger partial charge is 0.273 e. The van der Waals surface area contributed by atoms with E-state index >= 15 is 0 Å². The maximum atomic E-state index is 11.8. The largest absolute Gasteiger partial charge is 0.476 e. The number of primary amides is 1. The first-order valence-corrected chi connectivity index (χ1v) is 7.12. The van der Waals surface area contributed by atoms with Crippen LogP contribution in [0.15, 0.2) is 71.6 Å². The van der Waals surface area contributed by atoms with Crippen molar-refractivity contribution in [1.82, 2.24) is 0 Å². The molecule has 0 fully saturated rings. The van der Waals surface area contributed by atoms with Crippen molar-refractivity contribution in [2.75, 3.05) is 11.6 Å². The molecule has 1 aliphatic heterocycles. The Hall–Kier alpha value is -3.15. The molecule has 2 aliphatic rings. The summed E-state index contributed by atoms with van der Waals surface area (Å²) in [5, 5.41) is 5.90. The molecule has 6 nitrogen and oxygen atoms in total. The first-order valence-electron chi connectivity index (χ1n) is 7.12. The third-order valence-corrected chi connectivity index (χ3v) is 3.38. The lowest BCUT2D eigenvalue weighted by atomic mass is 10.1. The van der Waals surface area contributed by atoms with Gasteiger partial charge in [0, 0.05) is 0 Å². The molecule has 0 saturated heterocycles. The number of allylic oxidation sites excluding steroid dienone is 2. The summed E-state index contributed by atoms with van der Waals surface area (Å²) in [5.74, 6) is -0.676. The van der Waals surface area contributed by atoms with Gasteiger partial charge in [0.15, 0.2) is 23.4 Å². The Morgan fingerprint density at radius 3 is 2.74 bits per heavy atom. The molecule has 0 saturated carbocycles. The predicted octanol–water partition coefficient (Wildman–Crippen LogP) is 1.31. The molecule has 1 atom stereocenters. The number of nitrogens with two attached hydrogens (primary N) is 1. The van der Waals surface area contributed by atoms with Crippen molar-refractivity contribution in [3.05, 3.63) is 66.5 Å². The Labute approximate surface area is 133 Å². The fourth-order valence-electron chi connectivity index (χ4n) is 2.25. The van der Waals surface area contributed by atoms with E-state index < -0.39 is 12.0 Å². The van der Waals surface area contributed by atoms with Gasteiger partial charge in [-0.25, -0.2) is 0 Å². The van der Waals surface area contributed by atoms with Crippen molar-refractivity contribution in [3.63, 3.8) is 0 Å². The lowest BCUT2D eigenvalue weighted by Gasteiger charge is -2.25. The van der Waals surface area contributed by atoms with Crippen LogP contribution in [0, 0.1) is 0 Å². The van der Waals surface area contributed by atoms with Crippen LogP contribution < -0.4 is 10.7 Å². The molecule has 0 bridgehead atoms. The van der Waals surface area contributed by atoms with Crippen LogP contribution in [0.5, 0.6) is 0 Å². The second-order valence-corrected chi connectivity index (χ2v) is 4.98. The molecule has 1 aliphatic carbocycles. The lowest BCUT2D eigenvalue weighted by Crippen LogP contribution is -2.36. The summed E-state index contributed by atoms with van der Waals surface area (Å²) < 4.78 is 5.62. The van der Waals surface area contributed by atoms with Crippen molar-refractivity contribution in [2.45, 2.75) is 6.10 Å². The van der Waals surface area contributed by atoms with Gasteiger partial charge in [0.25, 0.3) is 5.91 Å². The number of ketones is 1. The number of carbonyl (C=O) groups is 2. The standard InChI is InChI=1S/C17H15N3O3/c18-17(22)16-15(23-14-9-5-4-8-13(14)21)10-11-20(19-16)12-6-2-1-3-7-12/h1-10,14H,11H2,(H2,18,22). The molecular weight excluding hydrogens is 294 g/mol. The molecular formula is C17H15N3O3. The molecule has 1 aromatic carbocycles. The number of rotatable bonds is 4. The number of carbonyl (C=O) groups excluding carboxylic acids is 2. The van der Waals surface area contributed by atoms with Gasteiger partial charge in [0.05, 0.1) is 12.2 Å². The van der Waals surface area contributed by atoms with Crippen molar-refractivity contribution in [3.8, 4) is 0 Å². The average Bonchev–Trinajstić information content (AvgIpc) is 2.58. The molecule has 0 radical (unpaired) electrons. The van der Waals surface area contributed by atoms with Gasteiger partial charge in [-0.2, -0.15) is 5.10 Å². The summed E-state index contributed by atoms with van der Waals surface area (Å²) in [4.78, 5) is 23.5. The highest BCUT2D eigenvalue weighted by Crippen LogP contribution is 2.20. The van der Waals surface area contributed by atoms with Gasteiger partial charge in [0.2, 0.25) is 0 Å². The van der Waals surface area contributed by atoms with Crippen LogP contribution in [-0.4, -0.2) is 30.1 Å². The summed E-state index contributed by atoms with van der Waals surface area (Å²) in [6.07, 6.45) is 7.32. The van der Waals surface area contributed by atoms with Crippen LogP contribution >= 0.6 is 0 Å². The SMILES string of the molecule is NC(=O)C1=NN(c2ccccc2)CC=C1OC1C=CC=CC1=O. The van der Waals surface area contributed by atoms with E-state index in [1.807, 2.05) is 30.3 Å². The number of amides is 1. The molecule has 3 rings (SSSR count). The zero-order valence-corrected chi connectivity index (χ0v) is 12.3. The first kappa shape index (κ1) is 14.8. The monoisotopic (exact) mass is 309 g/mol. The Morgan fingerprint density at radius 1 is 1.26 bits per heavy atom. The number of anilines is 1. The van der Waals surface area contributed by atoms with E-state index in [-0.39, 0.29) is 17.3 Å². The van der Waals surface area contributed by atoms with Gasteiger partial charge in [-0.1, -0.05) is 30.4 Å². The number of benzene rings is 1. The van der Waals surface area contributed by atoms with Gasteiger partial charge in [-0.05, 0) is 30.4 Å². The van der Waals surface area contributed by atoms with Crippen molar-refractivity contribution in [2.24, 2.45) is 10.8 Å². The molecule has 1 heterocycles. The minimum Gasteiger partial charge on any atom is -0.476 e. The third-order valence-electron chi connectivity index (χ3n) is 3.38. The second kappa shape index (κ2) is 6.31. The molecule has 1 amide bonds. The maximum absolute atomic E-state index is 11.8. The van der Waals surface area contributed by atoms with Crippen molar-refractivity contribution in [1.29, 1.82) is 0 Å². The quantitative estimate of drug-likeness (QED) is 0.909. The van der Waals surface area contributed by atoms with Gasteiger partial charge in [0.1, 0.15) is 0 Å². The van der Waals surface area contributed by atoms with E-state index in [0.717, 1.165) is 5.69 Å². The summed E-state index contributed by atoms with van der Waals surface area (Å²) >= 11 is 0. The normalized spacial score (nSPS) is 20.1. The maximum Gasteiger partial charge on any atom is 0.273 e. The molecule has 1 aromatic rings. The minimum absolute atomic E-state index is 0.00384. The number of para-hydroxylation sites is 1. The fourth-order valence-corrected chi connectivity index (χ4v) is 2.25. The molecule has 2 N–H and O–H groups in total. The Bertz CT molecular complexity index is 748. The van der Waals surface area contributed by atoms with Crippen LogP contribution in [0.1, 0.15) is 0 Å². The summed E-state index contributed by atoms with van der Waals surface area (Å²) in [5.41, 5.74) is 6.23. The number of ether oxygens (including phenoxy) is 1. The topological polar surface area (TPSA) is 85.0 Å². The van der Waals surface area contributed by atoms with Crippen LogP contribution in [0.2, 0.25) is 0 Å². The zero-order valence-electron chi connectivity index (χ0n) is 12.3. The lowest BCUT2D eigenvalue weighted by molar-refractivity contribution is -0.121. The van der Waals surface area contributed by atoms with E-state index in [0.29, 0.717) is 6.54 Å². The number of hydrogen-bond acceptors (Lipinski definition) is 5. The molecule has 1 unspecified atom stereocenters. The summed E-state index contributed by atoms with van der Waals surface area (Å²) in [6.45, 7) is 0.413. The molecule has 6 heteroatoms. The highest BCUT2D eigenvalue weighted by atomic mass is 16.5. The summed E-state index contributed by atoms with van der Waals surface area (Å²) in [6, 6.07) is 9.40. The first-order chi connectivity index (χ1) is 11.1. The molecule has 23 heavy (non-hydrogen) atoms. The van der Waals surface area contributed by atoms with Gasteiger partial charge < -0.3 is 10.5 Å². The van der Waals surface area contributed by atoms with Gasteiger partial charge in [-0.15, -0.1) is 0 Å². The van der Waals surface area contributed by atoms with Crippen LogP contribution in [0.4, 0.5) is 5.69 Å². The van der Waals surface area contributed by atoms with Crippen LogP contribution in [0.3, 0.4) is 0 Å². The van der Waals surface area contributed by atoms with Crippen molar-refractivity contribution >= 4 is 23.1 Å². The Morgan fingerprint density at radius 2 is 2.04 bits per heavy atom. The van der Waals surface area contributed by atoms with E-state index in [1.54, 1.807) is 29.3 Å². The number of hydrazone groups is 1. The third kappa shape index (κ3) is 3.21. The highest BCUT2D eigenvalue weighted by molar-refractivity contribution is 6.44. The molecule has 0 aromatic heterocycles. The predicted molar refractivity (Wildman–Crippen MR) is 86.7 cm³/mol. The van der Waals surface area contributed by atoms with Gasteiger partial charge in [-0.3, -0.25) is 14.6 Å². The second-order valence-electron chi connectivity index (χ2n) is 4.98. The Balaban J connectivity index is 1.82. The summed E-state index contributed by atoms with van der Waals surface area (Å²) in [7, 11) is 0. The van der Waals surface area contributed by atoms with Crippen molar-refractivity contribution < 1.29 is 14.3 Å². The molecule has 116 valence electrons. The van der Waals surface area contributed by atoms with E-state index in [9.17, 15) is 9.59 Å². The number of nitrogens with zero attached hydrogens (tertiary/aromatic N) is 2. The van der Waals surface area contributed by atoms with E-state index in [2.05, 4.69) is 5.10 Å². The molecule has 0 spiro atoms. The van der Waals surface area contributed by atoms with Gasteiger partial charge >= 0.3 is 0 Å². The zero-order chi connectivity index (χ0) is 16.2. The minimum atomic E-state index is -0.765.